The molecule has 1 saturated carbocycles. The minimum atomic E-state index is -0.699. The van der Waals surface area contributed by atoms with Crippen LogP contribution in [0.3, 0.4) is 0 Å². The third-order valence-electron chi connectivity index (χ3n) is 5.30. The van der Waals surface area contributed by atoms with Gasteiger partial charge in [-0.3, -0.25) is 19.7 Å². The number of nitro groups is 1. The zero-order valence-corrected chi connectivity index (χ0v) is 15.1. The lowest BCUT2D eigenvalue weighted by molar-refractivity contribution is -0.385. The summed E-state index contributed by atoms with van der Waals surface area (Å²) in [5.74, 6) is -1.66. The van der Waals surface area contributed by atoms with Crippen LogP contribution in [0.4, 0.5) is 5.69 Å². The summed E-state index contributed by atoms with van der Waals surface area (Å²) in [6.45, 7) is -0.427. The first kappa shape index (κ1) is 18.1. The Hall–Kier alpha value is -3.25. The zero-order valence-electron chi connectivity index (χ0n) is 14.3. The van der Waals surface area contributed by atoms with Crippen LogP contribution in [0.1, 0.15) is 12.0 Å². The molecule has 1 saturated heterocycles. The van der Waals surface area contributed by atoms with Crippen LogP contribution in [0.15, 0.2) is 29.4 Å². The minimum Gasteiger partial charge on any atom is -0.471 e. The molecule has 10 heteroatoms. The van der Waals surface area contributed by atoms with Gasteiger partial charge >= 0.3 is 5.69 Å². The van der Waals surface area contributed by atoms with Crippen molar-refractivity contribution in [1.29, 1.82) is 5.26 Å². The summed E-state index contributed by atoms with van der Waals surface area (Å²) in [7, 11) is 0. The molecule has 0 spiro atoms. The summed E-state index contributed by atoms with van der Waals surface area (Å²) >= 11 is 5.93. The largest absolute Gasteiger partial charge is 0.471 e. The molecular formula is C18H13ClN4O5. The van der Waals surface area contributed by atoms with Gasteiger partial charge in [-0.25, -0.2) is 0 Å². The number of hydrogen-bond acceptors (Lipinski definition) is 7. The Labute approximate surface area is 164 Å². The quantitative estimate of drug-likeness (QED) is 0.245. The standard InChI is InChI=1S/C18H13ClN4O5/c19-12-6-11(16(28-4-3-20)13(7-12)23(26)27)8-21-22-17(24)14-9-1-2-10(5-9)15(14)18(22)25/h1-2,6-10,14-15H,4-5H2/t9-,10-,14-,15+/m0/s1. The normalized spacial score (nSPS) is 27.5. The van der Waals surface area contributed by atoms with Crippen LogP contribution in [-0.2, 0) is 9.59 Å². The van der Waals surface area contributed by atoms with E-state index >= 15 is 0 Å². The molecule has 28 heavy (non-hydrogen) atoms. The maximum Gasteiger partial charge on any atom is 0.313 e. The molecule has 0 N–H and O–H groups in total. The Morgan fingerprint density at radius 3 is 2.54 bits per heavy atom. The van der Waals surface area contributed by atoms with Crippen LogP contribution in [-0.4, -0.2) is 34.6 Å². The number of fused-ring (bicyclic) bond motifs is 5. The van der Waals surface area contributed by atoms with Gasteiger partial charge in [0.05, 0.1) is 23.0 Å². The van der Waals surface area contributed by atoms with Crippen molar-refractivity contribution < 1.29 is 19.2 Å². The van der Waals surface area contributed by atoms with Gasteiger partial charge in [0, 0.05) is 16.7 Å². The van der Waals surface area contributed by atoms with Crippen LogP contribution in [0.5, 0.6) is 5.75 Å². The number of nitrogens with zero attached hydrogens (tertiary/aromatic N) is 4. The highest BCUT2D eigenvalue weighted by Crippen LogP contribution is 2.52. The van der Waals surface area contributed by atoms with Crippen molar-refractivity contribution in [2.75, 3.05) is 6.61 Å². The van der Waals surface area contributed by atoms with Crippen molar-refractivity contribution in [3.05, 3.63) is 45.0 Å². The number of nitriles is 1. The Morgan fingerprint density at radius 1 is 1.32 bits per heavy atom. The predicted octanol–water partition coefficient (Wildman–Crippen LogP) is 2.29. The third kappa shape index (κ3) is 2.73. The van der Waals surface area contributed by atoms with Crippen molar-refractivity contribution in [2.45, 2.75) is 6.42 Å². The fourth-order valence-corrected chi connectivity index (χ4v) is 4.43. The molecule has 0 unspecified atom stereocenters. The first-order chi connectivity index (χ1) is 13.4. The number of allylic oxidation sites excluding steroid dienone is 2. The molecule has 3 aliphatic rings. The van der Waals surface area contributed by atoms with Gasteiger partial charge in [0.15, 0.2) is 6.61 Å². The molecule has 4 atom stereocenters. The lowest BCUT2D eigenvalue weighted by Crippen LogP contribution is -2.28. The molecular weight excluding hydrogens is 388 g/mol. The van der Waals surface area contributed by atoms with E-state index in [1.165, 1.54) is 6.07 Å². The fraction of sp³-hybridized carbons (Fsp3) is 0.333. The van der Waals surface area contributed by atoms with Crippen molar-refractivity contribution in [3.63, 3.8) is 0 Å². The number of halogens is 1. The lowest BCUT2D eigenvalue weighted by atomic mass is 9.85. The number of hydrogen-bond donors (Lipinski definition) is 0. The lowest BCUT2D eigenvalue weighted by Gasteiger charge is -2.13. The maximum atomic E-state index is 12.7. The van der Waals surface area contributed by atoms with Gasteiger partial charge in [0.25, 0.3) is 11.8 Å². The van der Waals surface area contributed by atoms with E-state index in [1.807, 2.05) is 12.2 Å². The fourth-order valence-electron chi connectivity index (χ4n) is 4.21. The molecule has 2 fully saturated rings. The summed E-state index contributed by atoms with van der Waals surface area (Å²) in [6.07, 6.45) is 5.87. The number of carbonyl (C=O) groups is 2. The zero-order chi connectivity index (χ0) is 20.0. The number of benzene rings is 1. The molecule has 0 radical (unpaired) electrons. The third-order valence-corrected chi connectivity index (χ3v) is 5.52. The molecule has 142 valence electrons. The second-order valence-electron chi connectivity index (χ2n) is 6.78. The topological polar surface area (TPSA) is 126 Å². The highest BCUT2D eigenvalue weighted by Gasteiger charge is 2.59. The van der Waals surface area contributed by atoms with Crippen LogP contribution < -0.4 is 4.74 Å². The minimum absolute atomic E-state index is 0.0495. The smallest absolute Gasteiger partial charge is 0.313 e. The SMILES string of the molecule is N#CCOc1c(C=NN2C(=O)[C@@H]3[C@H](C2=O)[C@H]2C=C[C@H]3C2)cc(Cl)cc1[N+](=O)[O-]. The number of amides is 2. The van der Waals surface area contributed by atoms with E-state index < -0.39 is 29.1 Å². The van der Waals surface area contributed by atoms with Gasteiger partial charge in [0.1, 0.15) is 6.07 Å². The van der Waals surface area contributed by atoms with Gasteiger partial charge in [-0.1, -0.05) is 23.8 Å². The molecule has 1 aromatic rings. The molecule has 1 heterocycles. The molecule has 0 aromatic heterocycles. The summed E-state index contributed by atoms with van der Waals surface area (Å²) in [5, 5.41) is 24.8. The summed E-state index contributed by atoms with van der Waals surface area (Å²) in [6, 6.07) is 4.17. The number of nitro benzene ring substituents is 1. The van der Waals surface area contributed by atoms with Crippen molar-refractivity contribution in [1.82, 2.24) is 5.01 Å². The number of hydrazone groups is 1. The van der Waals surface area contributed by atoms with Crippen LogP contribution in [0.25, 0.3) is 0 Å². The first-order valence-corrected chi connectivity index (χ1v) is 8.88. The average molecular weight is 401 g/mol. The average Bonchev–Trinajstić information content (AvgIpc) is 3.33. The van der Waals surface area contributed by atoms with Gasteiger partial charge in [-0.05, 0) is 24.3 Å². The van der Waals surface area contributed by atoms with E-state index in [0.29, 0.717) is 0 Å². The Kier molecular flexibility index (Phi) is 4.35. The first-order valence-electron chi connectivity index (χ1n) is 8.50. The maximum absolute atomic E-state index is 12.7. The van der Waals surface area contributed by atoms with E-state index in [-0.39, 0.29) is 40.0 Å². The molecule has 1 aromatic carbocycles. The Balaban J connectivity index is 1.67. The molecule has 2 amide bonds. The second kappa shape index (κ2) is 6.73. The molecule has 4 rings (SSSR count). The van der Waals surface area contributed by atoms with E-state index in [1.54, 1.807) is 6.07 Å². The van der Waals surface area contributed by atoms with E-state index in [0.717, 1.165) is 23.7 Å². The summed E-state index contributed by atoms with van der Waals surface area (Å²) in [4.78, 5) is 35.9. The number of rotatable bonds is 5. The highest BCUT2D eigenvalue weighted by molar-refractivity contribution is 6.31. The molecule has 2 bridgehead atoms. The van der Waals surface area contributed by atoms with Crippen LogP contribution in [0.2, 0.25) is 5.02 Å². The molecule has 2 aliphatic carbocycles. The summed E-state index contributed by atoms with van der Waals surface area (Å²) < 4.78 is 5.17. The van der Waals surface area contributed by atoms with E-state index in [4.69, 9.17) is 21.6 Å². The van der Waals surface area contributed by atoms with Crippen LogP contribution >= 0.6 is 11.6 Å². The monoisotopic (exact) mass is 400 g/mol. The molecule has 1 aliphatic heterocycles. The van der Waals surface area contributed by atoms with Crippen molar-refractivity contribution in [3.8, 4) is 11.8 Å². The number of ether oxygens (including phenoxy) is 1. The Morgan fingerprint density at radius 2 is 1.96 bits per heavy atom. The highest BCUT2D eigenvalue weighted by atomic mass is 35.5. The predicted molar refractivity (Wildman–Crippen MR) is 96.4 cm³/mol. The van der Waals surface area contributed by atoms with Gasteiger partial charge in [0.2, 0.25) is 5.75 Å². The molecule has 9 nitrogen and oxygen atoms in total. The second-order valence-corrected chi connectivity index (χ2v) is 7.22. The van der Waals surface area contributed by atoms with Crippen molar-refractivity contribution in [2.24, 2.45) is 28.8 Å². The van der Waals surface area contributed by atoms with E-state index in [2.05, 4.69) is 5.10 Å². The van der Waals surface area contributed by atoms with Gasteiger partial charge < -0.3 is 4.74 Å². The van der Waals surface area contributed by atoms with Gasteiger partial charge in [-0.15, -0.1) is 0 Å². The van der Waals surface area contributed by atoms with E-state index in [9.17, 15) is 19.7 Å². The van der Waals surface area contributed by atoms with Crippen molar-refractivity contribution >= 4 is 35.3 Å². The number of imide groups is 1. The van der Waals surface area contributed by atoms with Gasteiger partial charge in [-0.2, -0.15) is 15.4 Å². The Bertz CT molecular complexity index is 968. The number of carbonyl (C=O) groups excluding carboxylic acids is 2. The summed E-state index contributed by atoms with van der Waals surface area (Å²) in [5.41, 5.74) is -0.351. The van der Waals surface area contributed by atoms with Crippen LogP contribution in [0, 0.1) is 45.1 Å².